The Morgan fingerprint density at radius 1 is 1.00 bits per heavy atom. The van der Waals surface area contributed by atoms with Crippen LogP contribution in [0.25, 0.3) is 0 Å². The zero-order chi connectivity index (χ0) is 14.5. The fraction of sp³-hybridized carbons (Fsp3) is 0.900. The van der Waals surface area contributed by atoms with Gasteiger partial charge in [-0.15, -0.1) is 0 Å². The molecular weight excluding hydrogens is 240 g/mol. The second kappa shape index (κ2) is 4.89. The fourth-order valence-corrected chi connectivity index (χ4v) is 6.09. The van der Waals surface area contributed by atoms with E-state index in [1.807, 2.05) is 5.57 Å². The van der Waals surface area contributed by atoms with E-state index in [1.54, 1.807) is 5.57 Å². The Labute approximate surface area is 126 Å². The number of rotatable bonds is 0. The minimum atomic E-state index is 0.473. The first-order valence-corrected chi connectivity index (χ1v) is 9.04. The molecule has 2 fully saturated rings. The summed E-state index contributed by atoms with van der Waals surface area (Å²) in [6.45, 7) is 12.7. The first-order valence-electron chi connectivity index (χ1n) is 9.04. The van der Waals surface area contributed by atoms with Gasteiger partial charge in [0.25, 0.3) is 0 Å². The lowest BCUT2D eigenvalue weighted by atomic mass is 9.52. The van der Waals surface area contributed by atoms with E-state index < -0.39 is 0 Å². The van der Waals surface area contributed by atoms with Crippen molar-refractivity contribution in [2.24, 2.45) is 28.6 Å². The van der Waals surface area contributed by atoms with E-state index in [9.17, 15) is 0 Å². The van der Waals surface area contributed by atoms with Crippen LogP contribution in [-0.4, -0.2) is 0 Å². The maximum absolute atomic E-state index is 2.62. The molecule has 0 saturated heterocycles. The molecule has 0 aromatic carbocycles. The lowest BCUT2D eigenvalue weighted by molar-refractivity contribution is 0.00534. The molecule has 2 bridgehead atoms. The molecule has 114 valence electrons. The van der Waals surface area contributed by atoms with E-state index in [0.717, 1.165) is 17.8 Å². The third-order valence-corrected chi connectivity index (χ3v) is 7.66. The van der Waals surface area contributed by atoms with Gasteiger partial charge in [0.2, 0.25) is 0 Å². The summed E-state index contributed by atoms with van der Waals surface area (Å²) in [5.74, 6) is 2.88. The van der Waals surface area contributed by atoms with Crippen molar-refractivity contribution >= 4 is 0 Å². The average Bonchev–Trinajstić information content (AvgIpc) is 2.35. The first kappa shape index (κ1) is 14.7. The Bertz CT molecular complexity index is 414. The molecule has 0 radical (unpaired) electrons. The smallest absolute Gasteiger partial charge is 0.0114 e. The van der Waals surface area contributed by atoms with Crippen molar-refractivity contribution in [3.05, 3.63) is 11.1 Å². The topological polar surface area (TPSA) is 0 Å². The Kier molecular flexibility index (Phi) is 3.58. The van der Waals surface area contributed by atoms with Gasteiger partial charge in [-0.05, 0) is 74.0 Å². The minimum Gasteiger partial charge on any atom is -0.0736 e. The van der Waals surface area contributed by atoms with Crippen molar-refractivity contribution < 1.29 is 0 Å². The molecule has 20 heavy (non-hydrogen) atoms. The van der Waals surface area contributed by atoms with E-state index in [4.69, 9.17) is 0 Å². The van der Waals surface area contributed by atoms with Crippen LogP contribution in [0.5, 0.6) is 0 Å². The van der Waals surface area contributed by atoms with Crippen molar-refractivity contribution in [1.29, 1.82) is 0 Å². The van der Waals surface area contributed by atoms with E-state index in [0.29, 0.717) is 10.8 Å². The summed E-state index contributed by atoms with van der Waals surface area (Å²) in [7, 11) is 0. The van der Waals surface area contributed by atoms with Crippen LogP contribution in [0.4, 0.5) is 0 Å². The summed E-state index contributed by atoms with van der Waals surface area (Å²) in [5, 5.41) is 0. The quantitative estimate of drug-likeness (QED) is 0.450. The normalized spacial score (nSPS) is 44.5. The number of fused-ring (bicyclic) bond motifs is 3. The van der Waals surface area contributed by atoms with Gasteiger partial charge in [-0.1, -0.05) is 51.7 Å². The molecule has 3 aliphatic rings. The van der Waals surface area contributed by atoms with Gasteiger partial charge < -0.3 is 0 Å². The van der Waals surface area contributed by atoms with Gasteiger partial charge in [-0.3, -0.25) is 0 Å². The summed E-state index contributed by atoms with van der Waals surface area (Å²) < 4.78 is 0. The van der Waals surface area contributed by atoms with Crippen LogP contribution < -0.4 is 0 Å². The molecule has 0 heteroatoms. The summed E-state index contributed by atoms with van der Waals surface area (Å²) in [5.41, 5.74) is 4.68. The zero-order valence-corrected chi connectivity index (χ0v) is 14.4. The van der Waals surface area contributed by atoms with Crippen molar-refractivity contribution in [3.8, 4) is 0 Å². The molecular formula is C20H34. The highest BCUT2D eigenvalue weighted by Crippen LogP contribution is 2.58. The summed E-state index contributed by atoms with van der Waals surface area (Å²) in [4.78, 5) is 0. The third-order valence-electron chi connectivity index (χ3n) is 7.66. The van der Waals surface area contributed by atoms with Crippen LogP contribution in [-0.2, 0) is 0 Å². The molecule has 3 rings (SSSR count). The Morgan fingerprint density at radius 3 is 2.50 bits per heavy atom. The minimum absolute atomic E-state index is 0.473. The molecule has 0 nitrogen and oxygen atoms in total. The highest BCUT2D eigenvalue weighted by Gasteiger charge is 2.47. The Morgan fingerprint density at radius 2 is 1.75 bits per heavy atom. The molecule has 0 spiro atoms. The van der Waals surface area contributed by atoms with Crippen molar-refractivity contribution in [1.82, 2.24) is 0 Å². The number of hydrogen-bond donors (Lipinski definition) is 0. The average molecular weight is 274 g/mol. The van der Waals surface area contributed by atoms with Crippen LogP contribution in [0.3, 0.4) is 0 Å². The van der Waals surface area contributed by atoms with Gasteiger partial charge in [0, 0.05) is 0 Å². The summed E-state index contributed by atoms with van der Waals surface area (Å²) >= 11 is 0. The number of allylic oxidation sites excluding steroid dienone is 2. The monoisotopic (exact) mass is 274 g/mol. The van der Waals surface area contributed by atoms with Crippen LogP contribution in [0.2, 0.25) is 0 Å². The van der Waals surface area contributed by atoms with Gasteiger partial charge in [0.1, 0.15) is 0 Å². The van der Waals surface area contributed by atoms with Crippen LogP contribution in [0, 0.1) is 28.6 Å². The molecule has 0 aromatic heterocycles. The highest BCUT2D eigenvalue weighted by atomic mass is 14.5. The third kappa shape index (κ3) is 2.18. The van der Waals surface area contributed by atoms with E-state index >= 15 is 0 Å². The van der Waals surface area contributed by atoms with Crippen LogP contribution >= 0.6 is 0 Å². The van der Waals surface area contributed by atoms with E-state index in [1.165, 1.54) is 51.4 Å². The predicted octanol–water partition coefficient (Wildman–Crippen LogP) is 6.37. The lowest BCUT2D eigenvalue weighted by Gasteiger charge is -2.53. The molecule has 1 unspecified atom stereocenters. The van der Waals surface area contributed by atoms with Crippen LogP contribution in [0.1, 0.15) is 86.0 Å². The summed E-state index contributed by atoms with van der Waals surface area (Å²) in [6.07, 6.45) is 11.6. The Balaban J connectivity index is 1.97. The fourth-order valence-electron chi connectivity index (χ4n) is 6.09. The SMILES string of the molecule is CC1=C2CC[C@]3(C)CCCC(C)[C@H]3C[C@H](CC1)C2(C)C. The molecule has 0 N–H and O–H groups in total. The number of hydrogen-bond acceptors (Lipinski definition) is 0. The molecule has 0 amide bonds. The van der Waals surface area contributed by atoms with E-state index in [-0.39, 0.29) is 0 Å². The zero-order valence-electron chi connectivity index (χ0n) is 14.4. The maximum atomic E-state index is 2.62. The van der Waals surface area contributed by atoms with Gasteiger partial charge >= 0.3 is 0 Å². The van der Waals surface area contributed by atoms with Gasteiger partial charge in [0.05, 0.1) is 0 Å². The second-order valence-electron chi connectivity index (χ2n) is 9.08. The Hall–Kier alpha value is -0.260. The lowest BCUT2D eigenvalue weighted by Crippen LogP contribution is -2.43. The molecule has 0 aliphatic heterocycles. The van der Waals surface area contributed by atoms with E-state index in [2.05, 4.69) is 34.6 Å². The molecule has 4 atom stereocenters. The van der Waals surface area contributed by atoms with Gasteiger partial charge in [-0.2, -0.15) is 0 Å². The molecule has 3 aliphatic carbocycles. The van der Waals surface area contributed by atoms with Crippen LogP contribution in [0.15, 0.2) is 11.1 Å². The van der Waals surface area contributed by atoms with Crippen molar-refractivity contribution in [2.75, 3.05) is 0 Å². The van der Waals surface area contributed by atoms with Gasteiger partial charge in [0.15, 0.2) is 0 Å². The molecule has 0 aromatic rings. The maximum Gasteiger partial charge on any atom is -0.0114 e. The predicted molar refractivity (Wildman–Crippen MR) is 87.7 cm³/mol. The van der Waals surface area contributed by atoms with Crippen molar-refractivity contribution in [2.45, 2.75) is 86.0 Å². The standard InChI is InChI=1S/C20H34/c1-14-7-6-11-20(5)12-10-17-15(2)8-9-16(13-18(14)20)19(17,3)4/h14,16,18H,6-13H2,1-5H3/t14?,16-,18+,20-/m0/s1. The molecule has 2 saturated carbocycles. The second-order valence-corrected chi connectivity index (χ2v) is 9.08. The van der Waals surface area contributed by atoms with Crippen molar-refractivity contribution in [3.63, 3.8) is 0 Å². The molecule has 0 heterocycles. The summed E-state index contributed by atoms with van der Waals surface area (Å²) in [6, 6.07) is 0. The highest BCUT2D eigenvalue weighted by molar-refractivity contribution is 5.25. The first-order chi connectivity index (χ1) is 9.34. The largest absolute Gasteiger partial charge is 0.0736 e. The van der Waals surface area contributed by atoms with Gasteiger partial charge in [-0.25, -0.2) is 0 Å².